The topological polar surface area (TPSA) is 45.7 Å². The maximum atomic E-state index is 4.99. The molecular weight excluding hydrogens is 317 g/mol. The molecule has 0 fully saturated rings. The minimum absolute atomic E-state index is 0. The van der Waals surface area contributed by atoms with Crippen molar-refractivity contribution in [1.29, 1.82) is 0 Å². The third kappa shape index (κ3) is 12.0. The Morgan fingerprint density at radius 1 is 1.12 bits per heavy atom. The zero-order valence-corrected chi connectivity index (χ0v) is 13.0. The third-order valence-corrected chi connectivity index (χ3v) is 2.08. The predicted molar refractivity (Wildman–Crippen MR) is 80.8 cm³/mol. The molecule has 2 N–H and O–H groups in total. The Morgan fingerprint density at radius 3 is 2.38 bits per heavy atom. The number of guanidine groups is 1. The van der Waals surface area contributed by atoms with E-state index >= 15 is 0 Å². The molecule has 0 bridgehead atoms. The monoisotopic (exact) mass is 343 g/mol. The van der Waals surface area contributed by atoms with Crippen molar-refractivity contribution < 1.29 is 4.74 Å². The second kappa shape index (κ2) is 15.0. The van der Waals surface area contributed by atoms with Gasteiger partial charge in [-0.15, -0.1) is 24.0 Å². The van der Waals surface area contributed by atoms with Crippen LogP contribution in [0.4, 0.5) is 0 Å². The number of hydrogen-bond donors (Lipinski definition) is 2. The molecule has 0 aromatic carbocycles. The van der Waals surface area contributed by atoms with Crippen LogP contribution in [0.3, 0.4) is 0 Å². The number of unbranched alkanes of at least 4 members (excludes halogenated alkanes) is 2. The molecule has 0 aliphatic heterocycles. The van der Waals surface area contributed by atoms with Gasteiger partial charge < -0.3 is 15.4 Å². The average Bonchev–Trinajstić information content (AvgIpc) is 2.27. The molecule has 0 radical (unpaired) electrons. The Kier molecular flexibility index (Phi) is 17.1. The number of hydrogen-bond acceptors (Lipinski definition) is 2. The molecule has 0 spiro atoms. The summed E-state index contributed by atoms with van der Waals surface area (Å²) in [6.07, 6.45) is 4.62. The summed E-state index contributed by atoms with van der Waals surface area (Å²) in [6, 6.07) is 0. The summed E-state index contributed by atoms with van der Waals surface area (Å²) >= 11 is 0. The molecule has 0 aliphatic carbocycles. The molecule has 98 valence electrons. The highest BCUT2D eigenvalue weighted by atomic mass is 127. The number of nitrogens with one attached hydrogen (secondary N) is 2. The molecule has 0 amide bonds. The maximum Gasteiger partial charge on any atom is 0.190 e. The first-order valence-corrected chi connectivity index (χ1v) is 5.78. The second-order valence-electron chi connectivity index (χ2n) is 3.48. The third-order valence-electron chi connectivity index (χ3n) is 2.08. The predicted octanol–water partition coefficient (Wildman–Crippen LogP) is 2.00. The highest BCUT2D eigenvalue weighted by Crippen LogP contribution is 1.93. The summed E-state index contributed by atoms with van der Waals surface area (Å²) in [5.41, 5.74) is 0. The Hall–Kier alpha value is -0.0400. The molecule has 0 saturated heterocycles. The van der Waals surface area contributed by atoms with Crippen LogP contribution in [0.1, 0.15) is 32.6 Å². The number of methoxy groups -OCH3 is 1. The molecule has 4 nitrogen and oxygen atoms in total. The lowest BCUT2D eigenvalue weighted by molar-refractivity contribution is 0.192. The number of rotatable bonds is 8. The smallest absolute Gasteiger partial charge is 0.190 e. The quantitative estimate of drug-likeness (QED) is 0.307. The van der Waals surface area contributed by atoms with Gasteiger partial charge in [0, 0.05) is 33.9 Å². The lowest BCUT2D eigenvalue weighted by atomic mass is 10.2. The number of ether oxygens (including phenoxy) is 1. The summed E-state index contributed by atoms with van der Waals surface area (Å²) in [5, 5.41) is 6.51. The van der Waals surface area contributed by atoms with Crippen LogP contribution >= 0.6 is 24.0 Å². The fourth-order valence-electron chi connectivity index (χ4n) is 1.22. The van der Waals surface area contributed by atoms with Crippen LogP contribution in [0, 0.1) is 0 Å². The van der Waals surface area contributed by atoms with Gasteiger partial charge in [0.1, 0.15) is 0 Å². The van der Waals surface area contributed by atoms with Gasteiger partial charge in [-0.3, -0.25) is 4.99 Å². The number of aliphatic imine (C=N–C) groups is 1. The van der Waals surface area contributed by atoms with Gasteiger partial charge >= 0.3 is 0 Å². The van der Waals surface area contributed by atoms with Crippen molar-refractivity contribution in [2.75, 3.05) is 33.9 Å². The zero-order valence-electron chi connectivity index (χ0n) is 10.7. The summed E-state index contributed by atoms with van der Waals surface area (Å²) in [7, 11) is 3.55. The first-order chi connectivity index (χ1) is 7.35. The fraction of sp³-hybridized carbons (Fsp3) is 0.909. The van der Waals surface area contributed by atoms with Crippen LogP contribution in [0.25, 0.3) is 0 Å². The van der Waals surface area contributed by atoms with E-state index in [1.54, 1.807) is 14.2 Å². The van der Waals surface area contributed by atoms with Gasteiger partial charge in [0.2, 0.25) is 0 Å². The van der Waals surface area contributed by atoms with E-state index in [-0.39, 0.29) is 24.0 Å². The van der Waals surface area contributed by atoms with Gasteiger partial charge in [-0.25, -0.2) is 0 Å². The van der Waals surface area contributed by atoms with Crippen molar-refractivity contribution in [1.82, 2.24) is 10.6 Å². The fourth-order valence-corrected chi connectivity index (χ4v) is 1.22. The largest absolute Gasteiger partial charge is 0.385 e. The molecule has 5 heteroatoms. The van der Waals surface area contributed by atoms with E-state index in [9.17, 15) is 0 Å². The van der Waals surface area contributed by atoms with E-state index in [0.717, 1.165) is 44.9 Å². The van der Waals surface area contributed by atoms with Crippen LogP contribution in [-0.2, 0) is 4.74 Å². The Labute approximate surface area is 117 Å². The average molecular weight is 343 g/mol. The van der Waals surface area contributed by atoms with Crippen LogP contribution < -0.4 is 10.6 Å². The van der Waals surface area contributed by atoms with Gasteiger partial charge in [0.15, 0.2) is 5.96 Å². The minimum atomic E-state index is 0. The van der Waals surface area contributed by atoms with Crippen molar-refractivity contribution in [3.05, 3.63) is 0 Å². The molecule has 16 heavy (non-hydrogen) atoms. The SMILES string of the molecule is CCCNC(=NC)NCCCCCOC.I. The van der Waals surface area contributed by atoms with Crippen LogP contribution in [-0.4, -0.2) is 39.8 Å². The highest BCUT2D eigenvalue weighted by molar-refractivity contribution is 14.0. The zero-order chi connectivity index (χ0) is 11.4. The molecule has 0 atom stereocenters. The number of nitrogens with zero attached hydrogens (tertiary/aromatic N) is 1. The molecule has 0 aromatic heterocycles. The summed E-state index contributed by atoms with van der Waals surface area (Å²) in [6.45, 7) is 4.96. The van der Waals surface area contributed by atoms with E-state index < -0.39 is 0 Å². The molecule has 0 rings (SSSR count). The molecule has 0 aromatic rings. The summed E-state index contributed by atoms with van der Waals surface area (Å²) < 4.78 is 4.99. The van der Waals surface area contributed by atoms with Crippen molar-refractivity contribution in [3.8, 4) is 0 Å². The lowest BCUT2D eigenvalue weighted by Crippen LogP contribution is -2.38. The summed E-state index contributed by atoms with van der Waals surface area (Å²) in [4.78, 5) is 4.13. The lowest BCUT2D eigenvalue weighted by Gasteiger charge is -2.10. The van der Waals surface area contributed by atoms with Gasteiger partial charge in [0.25, 0.3) is 0 Å². The highest BCUT2D eigenvalue weighted by Gasteiger charge is 1.94. The first-order valence-electron chi connectivity index (χ1n) is 5.78. The van der Waals surface area contributed by atoms with Gasteiger partial charge in [0.05, 0.1) is 0 Å². The minimum Gasteiger partial charge on any atom is -0.385 e. The van der Waals surface area contributed by atoms with Gasteiger partial charge in [-0.1, -0.05) is 6.92 Å². The standard InChI is InChI=1S/C11H25N3O.HI/c1-4-8-13-11(12-2)14-9-6-5-7-10-15-3;/h4-10H2,1-3H3,(H2,12,13,14);1H. The Balaban J connectivity index is 0. The molecular formula is C11H26IN3O. The van der Waals surface area contributed by atoms with Crippen LogP contribution in [0.15, 0.2) is 4.99 Å². The Morgan fingerprint density at radius 2 is 1.81 bits per heavy atom. The van der Waals surface area contributed by atoms with Crippen molar-refractivity contribution in [2.45, 2.75) is 32.6 Å². The Bertz CT molecular complexity index is 165. The van der Waals surface area contributed by atoms with E-state index in [1.165, 1.54) is 6.42 Å². The molecule has 0 aliphatic rings. The van der Waals surface area contributed by atoms with E-state index in [0.29, 0.717) is 0 Å². The van der Waals surface area contributed by atoms with E-state index in [2.05, 4.69) is 22.5 Å². The normalized spacial score (nSPS) is 10.8. The van der Waals surface area contributed by atoms with E-state index in [1.807, 2.05) is 0 Å². The molecule has 0 heterocycles. The van der Waals surface area contributed by atoms with Gasteiger partial charge in [-0.2, -0.15) is 0 Å². The summed E-state index contributed by atoms with van der Waals surface area (Å²) in [5.74, 6) is 0.906. The molecule has 0 saturated carbocycles. The second-order valence-corrected chi connectivity index (χ2v) is 3.48. The first kappa shape index (κ1) is 18.3. The van der Waals surface area contributed by atoms with E-state index in [4.69, 9.17) is 4.74 Å². The van der Waals surface area contributed by atoms with Crippen molar-refractivity contribution in [2.24, 2.45) is 4.99 Å². The van der Waals surface area contributed by atoms with Crippen LogP contribution in [0.5, 0.6) is 0 Å². The van der Waals surface area contributed by atoms with Crippen LogP contribution in [0.2, 0.25) is 0 Å². The molecule has 0 unspecified atom stereocenters. The maximum absolute atomic E-state index is 4.99. The van der Waals surface area contributed by atoms with Crippen molar-refractivity contribution >= 4 is 29.9 Å². The number of halogens is 1. The van der Waals surface area contributed by atoms with Gasteiger partial charge in [-0.05, 0) is 25.7 Å². The van der Waals surface area contributed by atoms with Crippen molar-refractivity contribution in [3.63, 3.8) is 0 Å².